The van der Waals surface area contributed by atoms with Crippen LogP contribution in [-0.2, 0) is 9.53 Å². The molecule has 0 bridgehead atoms. The molecule has 0 amide bonds. The fourth-order valence-corrected chi connectivity index (χ4v) is 3.24. The first kappa shape index (κ1) is 19.3. The summed E-state index contributed by atoms with van der Waals surface area (Å²) < 4.78 is 10.5. The number of allylic oxidation sites excluding steroid dienone is 1. The van der Waals surface area contributed by atoms with E-state index in [1.165, 1.54) is 19.2 Å². The lowest BCUT2D eigenvalue weighted by Crippen LogP contribution is -2.35. The molecule has 1 atom stereocenters. The van der Waals surface area contributed by atoms with E-state index < -0.39 is 23.1 Å². The first-order chi connectivity index (χ1) is 13.2. The number of anilines is 1. The Morgan fingerprint density at radius 2 is 1.93 bits per heavy atom. The fourth-order valence-electron chi connectivity index (χ4n) is 3.24. The summed E-state index contributed by atoms with van der Waals surface area (Å²) in [7, 11) is 1.40. The third kappa shape index (κ3) is 3.38. The van der Waals surface area contributed by atoms with Crippen molar-refractivity contribution < 1.29 is 19.4 Å². The van der Waals surface area contributed by atoms with E-state index in [1.807, 2.05) is 0 Å². The zero-order chi connectivity index (χ0) is 20.6. The maximum absolute atomic E-state index is 12.8. The van der Waals surface area contributed by atoms with Crippen molar-refractivity contribution in [1.29, 1.82) is 0 Å². The molecule has 1 aliphatic heterocycles. The largest absolute Gasteiger partial charge is 0.504 e. The van der Waals surface area contributed by atoms with Crippen LogP contribution in [-0.4, -0.2) is 34.3 Å². The van der Waals surface area contributed by atoms with Crippen molar-refractivity contribution in [2.75, 3.05) is 12.4 Å². The van der Waals surface area contributed by atoms with Crippen molar-refractivity contribution in [2.45, 2.75) is 32.8 Å². The Morgan fingerprint density at radius 3 is 2.57 bits per heavy atom. The number of fused-ring (bicyclic) bond motifs is 1. The number of carbonyl (C=O) groups is 1. The van der Waals surface area contributed by atoms with Crippen LogP contribution in [0.25, 0.3) is 0 Å². The second kappa shape index (κ2) is 7.26. The number of hydrogen-bond donors (Lipinski definition) is 4. The molecule has 1 aromatic heterocycles. The molecule has 4 N–H and O–H groups in total. The summed E-state index contributed by atoms with van der Waals surface area (Å²) in [5, 5.41) is 12.8. The van der Waals surface area contributed by atoms with Gasteiger partial charge in [0.1, 0.15) is 5.82 Å². The van der Waals surface area contributed by atoms with Crippen molar-refractivity contribution in [2.24, 2.45) is 0 Å². The van der Waals surface area contributed by atoms with Gasteiger partial charge in [-0.3, -0.25) is 14.8 Å². The highest BCUT2D eigenvalue weighted by Gasteiger charge is 2.36. The smallest absolute Gasteiger partial charge is 0.337 e. The molecule has 0 radical (unpaired) electrons. The lowest BCUT2D eigenvalue weighted by molar-refractivity contribution is -0.143. The maximum Gasteiger partial charge on any atom is 0.337 e. The second-order valence-electron chi connectivity index (χ2n) is 6.68. The summed E-state index contributed by atoms with van der Waals surface area (Å²) in [4.78, 5) is 41.9. The topological polar surface area (TPSA) is 134 Å². The second-order valence-corrected chi connectivity index (χ2v) is 6.68. The molecule has 2 heterocycles. The van der Waals surface area contributed by atoms with Crippen LogP contribution >= 0.6 is 0 Å². The van der Waals surface area contributed by atoms with Crippen LogP contribution in [0.4, 0.5) is 5.82 Å². The van der Waals surface area contributed by atoms with Gasteiger partial charge in [-0.2, -0.15) is 0 Å². The van der Waals surface area contributed by atoms with E-state index in [1.54, 1.807) is 26.8 Å². The minimum absolute atomic E-state index is 0.0807. The number of aromatic nitrogens is 2. The molecule has 1 aromatic carbocycles. The number of rotatable bonds is 4. The van der Waals surface area contributed by atoms with Gasteiger partial charge in [-0.1, -0.05) is 6.07 Å². The highest BCUT2D eigenvalue weighted by atomic mass is 16.5. The molecule has 0 unspecified atom stereocenters. The van der Waals surface area contributed by atoms with Gasteiger partial charge in [0.15, 0.2) is 11.5 Å². The lowest BCUT2D eigenvalue weighted by Gasteiger charge is -2.29. The predicted octanol–water partition coefficient (Wildman–Crippen LogP) is 1.56. The van der Waals surface area contributed by atoms with Crippen molar-refractivity contribution >= 4 is 11.8 Å². The first-order valence-electron chi connectivity index (χ1n) is 8.65. The SMILES string of the molecule is COc1cc([C@H]2C(C(=O)OC(C)C)=C(C)Nc3[nH]c(=O)[nH]c(=O)c32)ccc1O. The highest BCUT2D eigenvalue weighted by Crippen LogP contribution is 2.41. The van der Waals surface area contributed by atoms with E-state index in [-0.39, 0.29) is 34.6 Å². The third-order valence-corrected chi connectivity index (χ3v) is 4.37. The summed E-state index contributed by atoms with van der Waals surface area (Å²) in [5.41, 5.74) is 0.0477. The molecule has 0 aliphatic carbocycles. The maximum atomic E-state index is 12.8. The van der Waals surface area contributed by atoms with E-state index in [0.29, 0.717) is 11.3 Å². The quantitative estimate of drug-likeness (QED) is 0.585. The van der Waals surface area contributed by atoms with Crippen LogP contribution in [0, 0.1) is 0 Å². The number of ether oxygens (including phenoxy) is 2. The number of carbonyl (C=O) groups excluding carboxylic acids is 1. The predicted molar refractivity (Wildman–Crippen MR) is 102 cm³/mol. The van der Waals surface area contributed by atoms with Crippen LogP contribution in [0.3, 0.4) is 0 Å². The van der Waals surface area contributed by atoms with Gasteiger partial charge in [0.05, 0.1) is 30.3 Å². The number of methoxy groups -OCH3 is 1. The minimum atomic E-state index is -0.836. The lowest BCUT2D eigenvalue weighted by atomic mass is 9.82. The van der Waals surface area contributed by atoms with Gasteiger partial charge in [-0.25, -0.2) is 9.59 Å². The van der Waals surface area contributed by atoms with Gasteiger partial charge in [0.25, 0.3) is 5.56 Å². The Kier molecular flexibility index (Phi) is 5.00. The molecule has 0 spiro atoms. The normalized spacial score (nSPS) is 15.8. The monoisotopic (exact) mass is 387 g/mol. The number of hydrogen-bond acceptors (Lipinski definition) is 7. The van der Waals surface area contributed by atoms with Crippen molar-refractivity contribution in [3.05, 3.63) is 61.4 Å². The van der Waals surface area contributed by atoms with E-state index in [0.717, 1.165) is 0 Å². The zero-order valence-corrected chi connectivity index (χ0v) is 15.9. The molecule has 2 aromatic rings. The highest BCUT2D eigenvalue weighted by molar-refractivity contribution is 5.94. The van der Waals surface area contributed by atoms with Gasteiger partial charge >= 0.3 is 11.7 Å². The molecule has 1 aliphatic rings. The number of esters is 1. The summed E-state index contributed by atoms with van der Waals surface area (Å²) in [5.74, 6) is -1.12. The Balaban J connectivity index is 2.28. The molecule has 9 nitrogen and oxygen atoms in total. The Labute approximate surface area is 160 Å². The molecule has 28 heavy (non-hydrogen) atoms. The minimum Gasteiger partial charge on any atom is -0.504 e. The van der Waals surface area contributed by atoms with Crippen LogP contribution in [0.2, 0.25) is 0 Å². The van der Waals surface area contributed by atoms with Crippen LogP contribution in [0.1, 0.15) is 37.8 Å². The summed E-state index contributed by atoms with van der Waals surface area (Å²) in [6.45, 7) is 5.10. The zero-order valence-electron chi connectivity index (χ0n) is 15.9. The third-order valence-electron chi connectivity index (χ3n) is 4.37. The number of phenolic OH excluding ortho intramolecular Hbond substituents is 1. The van der Waals surface area contributed by atoms with Crippen molar-refractivity contribution in [3.8, 4) is 11.5 Å². The standard InChI is InChI=1S/C19H21N3O6/c1-8(2)28-18(25)13-9(3)20-16-15(17(24)22-19(26)21-16)14(13)10-5-6-11(23)12(7-10)27-4/h5-8,14,23H,1-4H3,(H3,20,21,22,24,26)/t14-/m0/s1. The number of phenols is 1. The van der Waals surface area contributed by atoms with Gasteiger partial charge in [0, 0.05) is 5.70 Å². The Morgan fingerprint density at radius 1 is 1.21 bits per heavy atom. The average molecular weight is 387 g/mol. The number of H-pyrrole nitrogens is 2. The molecule has 3 rings (SSSR count). The molecular formula is C19H21N3O6. The van der Waals surface area contributed by atoms with Gasteiger partial charge in [-0.05, 0) is 38.5 Å². The van der Waals surface area contributed by atoms with E-state index in [4.69, 9.17) is 9.47 Å². The molecule has 148 valence electrons. The summed E-state index contributed by atoms with van der Waals surface area (Å²) >= 11 is 0. The molecule has 0 saturated heterocycles. The van der Waals surface area contributed by atoms with E-state index in [2.05, 4.69) is 15.3 Å². The number of aromatic hydroxyl groups is 1. The van der Waals surface area contributed by atoms with Crippen molar-refractivity contribution in [3.63, 3.8) is 0 Å². The Hall–Kier alpha value is -3.49. The van der Waals surface area contributed by atoms with Gasteiger partial charge < -0.3 is 19.9 Å². The van der Waals surface area contributed by atoms with Crippen LogP contribution in [0.5, 0.6) is 11.5 Å². The van der Waals surface area contributed by atoms with E-state index in [9.17, 15) is 19.5 Å². The average Bonchev–Trinajstić information content (AvgIpc) is 2.59. The number of benzene rings is 1. The van der Waals surface area contributed by atoms with Gasteiger partial charge in [-0.15, -0.1) is 0 Å². The molecule has 0 saturated carbocycles. The van der Waals surface area contributed by atoms with Crippen molar-refractivity contribution in [1.82, 2.24) is 9.97 Å². The van der Waals surface area contributed by atoms with Crippen LogP contribution < -0.4 is 21.3 Å². The Bertz CT molecular complexity index is 1080. The van der Waals surface area contributed by atoms with Gasteiger partial charge in [0.2, 0.25) is 0 Å². The first-order valence-corrected chi connectivity index (χ1v) is 8.65. The molecule has 9 heteroatoms. The number of nitrogens with one attached hydrogen (secondary N) is 3. The fraction of sp³-hybridized carbons (Fsp3) is 0.316. The summed E-state index contributed by atoms with van der Waals surface area (Å²) in [6, 6.07) is 4.53. The molecular weight excluding hydrogens is 366 g/mol. The number of aromatic amines is 2. The van der Waals surface area contributed by atoms with E-state index >= 15 is 0 Å². The summed E-state index contributed by atoms with van der Waals surface area (Å²) in [6.07, 6.45) is -0.363. The molecule has 0 fully saturated rings. The van der Waals surface area contributed by atoms with Crippen LogP contribution in [0.15, 0.2) is 39.1 Å².